The van der Waals surface area contributed by atoms with Crippen LogP contribution >= 0.6 is 0 Å². The predicted octanol–water partition coefficient (Wildman–Crippen LogP) is 14.4. The molecular weight excluding hydrogens is 719 g/mol. The minimum atomic E-state index is 0.147. The summed E-state index contributed by atoms with van der Waals surface area (Å²) < 4.78 is 11.6. The monoisotopic (exact) mass is 755 g/mol. The zero-order chi connectivity index (χ0) is 38.9. The van der Waals surface area contributed by atoms with E-state index in [1.54, 1.807) is 0 Å². The number of rotatable bonds is 6. The Hall–Kier alpha value is -7.69. The Morgan fingerprint density at radius 2 is 1.08 bits per heavy atom. The highest BCUT2D eigenvalue weighted by atomic mass is 16.3. The number of nitrogens with zero attached hydrogens (tertiary/aromatic N) is 3. The van der Waals surface area contributed by atoms with E-state index in [9.17, 15) is 0 Å². The molecule has 0 N–H and O–H groups in total. The molecule has 0 radical (unpaired) electrons. The fourth-order valence-corrected chi connectivity index (χ4v) is 9.36. The summed E-state index contributed by atoms with van der Waals surface area (Å²) in [5.74, 6) is 2.01. The van der Waals surface area contributed by atoms with Crippen molar-refractivity contribution in [2.24, 2.45) is 0 Å². The summed E-state index contributed by atoms with van der Waals surface area (Å²) in [6.45, 7) is 0. The van der Waals surface area contributed by atoms with Crippen LogP contribution in [-0.2, 0) is 0 Å². The lowest BCUT2D eigenvalue weighted by Gasteiger charge is -2.20. The van der Waals surface area contributed by atoms with Gasteiger partial charge in [0.05, 0.1) is 27.8 Å². The van der Waals surface area contributed by atoms with Crippen molar-refractivity contribution in [2.45, 2.75) is 12.3 Å². The molecule has 0 amide bonds. The number of imidazole rings is 1. The molecule has 278 valence electrons. The van der Waals surface area contributed by atoms with Gasteiger partial charge in [0, 0.05) is 38.9 Å². The second-order valence-electron chi connectivity index (χ2n) is 15.5. The predicted molar refractivity (Wildman–Crippen MR) is 243 cm³/mol. The standard InChI is InChI=1S/C55H37N3O/c1-4-14-36(15-5-1)40-28-32-48-45(34-40)46-35-41(37-16-6-2-7-17-37)29-33-49(46)58(48)51-24-12-21-44-53-43(20-13-25-52(53)59-54(44)51)38-26-30-42(31-27-38)57-50-23-11-10-22-47(50)56-55(57)39-18-8-3-9-19-39/h1-19,21-35,43H,20H2. The normalized spacial score (nSPS) is 13.8. The van der Waals surface area contributed by atoms with E-state index in [-0.39, 0.29) is 5.92 Å². The van der Waals surface area contributed by atoms with Crippen LogP contribution in [0.5, 0.6) is 0 Å². The number of fused-ring (bicyclic) bond motifs is 7. The summed E-state index contributed by atoms with van der Waals surface area (Å²) in [5, 5.41) is 3.58. The van der Waals surface area contributed by atoms with Gasteiger partial charge in [-0.1, -0.05) is 146 Å². The van der Waals surface area contributed by atoms with Crippen LogP contribution in [-0.4, -0.2) is 14.1 Å². The molecular formula is C55H37N3O. The number of furan rings is 1. The molecule has 8 aromatic carbocycles. The zero-order valence-electron chi connectivity index (χ0n) is 32.2. The van der Waals surface area contributed by atoms with Crippen molar-refractivity contribution in [3.63, 3.8) is 0 Å². The molecule has 3 heterocycles. The van der Waals surface area contributed by atoms with Gasteiger partial charge in [-0.05, 0) is 94.9 Å². The molecule has 1 aliphatic carbocycles. The fourth-order valence-electron chi connectivity index (χ4n) is 9.36. The highest BCUT2D eigenvalue weighted by Gasteiger charge is 2.28. The molecule has 4 heteroatoms. The maximum Gasteiger partial charge on any atom is 0.159 e. The third-order valence-corrected chi connectivity index (χ3v) is 12.1. The Kier molecular flexibility index (Phi) is 7.63. The van der Waals surface area contributed by atoms with Crippen molar-refractivity contribution in [2.75, 3.05) is 0 Å². The van der Waals surface area contributed by atoms with Crippen molar-refractivity contribution in [1.29, 1.82) is 0 Å². The summed E-state index contributed by atoms with van der Waals surface area (Å²) >= 11 is 0. The molecule has 1 atom stereocenters. The van der Waals surface area contributed by atoms with Crippen molar-refractivity contribution < 1.29 is 4.42 Å². The molecule has 59 heavy (non-hydrogen) atoms. The molecule has 0 saturated heterocycles. The van der Waals surface area contributed by atoms with Gasteiger partial charge in [0.25, 0.3) is 0 Å². The summed E-state index contributed by atoms with van der Waals surface area (Å²) in [5.41, 5.74) is 15.8. The molecule has 1 unspecified atom stereocenters. The van der Waals surface area contributed by atoms with Gasteiger partial charge in [-0.2, -0.15) is 0 Å². The Morgan fingerprint density at radius 3 is 1.75 bits per heavy atom. The summed E-state index contributed by atoms with van der Waals surface area (Å²) in [6.07, 6.45) is 5.32. The van der Waals surface area contributed by atoms with Gasteiger partial charge in [-0.15, -0.1) is 0 Å². The van der Waals surface area contributed by atoms with Gasteiger partial charge >= 0.3 is 0 Å². The molecule has 1 aliphatic rings. The Morgan fingerprint density at radius 1 is 0.475 bits per heavy atom. The van der Waals surface area contributed by atoms with E-state index in [0.717, 1.165) is 68.0 Å². The van der Waals surface area contributed by atoms with E-state index in [1.807, 2.05) is 6.07 Å². The van der Waals surface area contributed by atoms with Crippen molar-refractivity contribution >= 4 is 49.9 Å². The average Bonchev–Trinajstić information content (AvgIpc) is 4.00. The summed E-state index contributed by atoms with van der Waals surface area (Å²) in [4.78, 5) is 5.07. The zero-order valence-corrected chi connectivity index (χ0v) is 32.2. The molecule has 4 nitrogen and oxygen atoms in total. The smallest absolute Gasteiger partial charge is 0.159 e. The minimum absolute atomic E-state index is 0.147. The van der Waals surface area contributed by atoms with E-state index in [4.69, 9.17) is 9.40 Å². The quantitative estimate of drug-likeness (QED) is 0.169. The lowest BCUT2D eigenvalue weighted by molar-refractivity contribution is 0.588. The first kappa shape index (κ1) is 33.4. The van der Waals surface area contributed by atoms with Gasteiger partial charge < -0.3 is 8.98 Å². The van der Waals surface area contributed by atoms with Crippen LogP contribution in [0, 0.1) is 0 Å². The molecule has 0 bridgehead atoms. The first-order valence-corrected chi connectivity index (χ1v) is 20.3. The molecule has 12 rings (SSSR count). The lowest BCUT2D eigenvalue weighted by atomic mass is 9.83. The van der Waals surface area contributed by atoms with Crippen LogP contribution in [0.1, 0.15) is 29.2 Å². The van der Waals surface area contributed by atoms with Crippen LogP contribution in [0.4, 0.5) is 0 Å². The maximum absolute atomic E-state index is 6.96. The number of aromatic nitrogens is 3. The van der Waals surface area contributed by atoms with Crippen LogP contribution < -0.4 is 0 Å². The fraction of sp³-hybridized carbons (Fsp3) is 0.0364. The third kappa shape index (κ3) is 5.41. The van der Waals surface area contributed by atoms with E-state index >= 15 is 0 Å². The van der Waals surface area contributed by atoms with Gasteiger partial charge in [-0.25, -0.2) is 4.98 Å². The topological polar surface area (TPSA) is 35.9 Å². The van der Waals surface area contributed by atoms with Crippen LogP contribution in [0.2, 0.25) is 0 Å². The Balaban J connectivity index is 0.995. The molecule has 11 aromatic rings. The van der Waals surface area contributed by atoms with Crippen molar-refractivity contribution in [3.8, 4) is 45.0 Å². The first-order valence-electron chi connectivity index (χ1n) is 20.3. The highest BCUT2D eigenvalue weighted by molar-refractivity contribution is 6.12. The SMILES string of the molecule is C1=Cc2oc3c(-n4c5ccc(-c6ccccc6)cc5c5cc(-c6ccccc6)ccc54)cccc3c2C(c2ccc(-n3c(-c4ccccc4)nc4ccccc43)cc2)C1. The number of allylic oxidation sites excluding steroid dienone is 1. The second kappa shape index (κ2) is 13.5. The maximum atomic E-state index is 6.96. The Labute approximate surface area is 341 Å². The van der Waals surface area contributed by atoms with Crippen LogP contribution in [0.25, 0.3) is 94.9 Å². The van der Waals surface area contributed by atoms with E-state index in [0.29, 0.717) is 0 Å². The number of benzene rings is 8. The van der Waals surface area contributed by atoms with Crippen molar-refractivity contribution in [3.05, 3.63) is 217 Å². The van der Waals surface area contributed by atoms with Crippen LogP contribution in [0.15, 0.2) is 205 Å². The van der Waals surface area contributed by atoms with E-state index in [2.05, 4.69) is 209 Å². The van der Waals surface area contributed by atoms with E-state index < -0.39 is 0 Å². The molecule has 3 aromatic heterocycles. The van der Waals surface area contributed by atoms with Gasteiger partial charge in [0.1, 0.15) is 11.6 Å². The largest absolute Gasteiger partial charge is 0.454 e. The van der Waals surface area contributed by atoms with Crippen molar-refractivity contribution in [1.82, 2.24) is 14.1 Å². The van der Waals surface area contributed by atoms with Crippen LogP contribution in [0.3, 0.4) is 0 Å². The summed E-state index contributed by atoms with van der Waals surface area (Å²) in [7, 11) is 0. The highest BCUT2D eigenvalue weighted by Crippen LogP contribution is 2.45. The average molecular weight is 756 g/mol. The summed E-state index contributed by atoms with van der Waals surface area (Å²) in [6, 6.07) is 69.6. The molecule has 0 fully saturated rings. The molecule has 0 spiro atoms. The van der Waals surface area contributed by atoms with Gasteiger partial charge in [0.15, 0.2) is 5.58 Å². The first-order chi connectivity index (χ1) is 29.3. The lowest BCUT2D eigenvalue weighted by Crippen LogP contribution is -2.05. The molecule has 0 aliphatic heterocycles. The number of hydrogen-bond acceptors (Lipinski definition) is 2. The number of hydrogen-bond donors (Lipinski definition) is 0. The number of para-hydroxylation sites is 3. The second-order valence-corrected chi connectivity index (χ2v) is 15.5. The Bertz CT molecular complexity index is 3290. The third-order valence-electron chi connectivity index (χ3n) is 12.1. The molecule has 0 saturated carbocycles. The van der Waals surface area contributed by atoms with Gasteiger partial charge in [0.2, 0.25) is 0 Å². The van der Waals surface area contributed by atoms with E-state index in [1.165, 1.54) is 44.2 Å². The van der Waals surface area contributed by atoms with Gasteiger partial charge in [-0.3, -0.25) is 4.57 Å². The minimum Gasteiger partial charge on any atom is -0.454 e.